The van der Waals surface area contributed by atoms with Crippen molar-refractivity contribution in [3.05, 3.63) is 38.9 Å². The van der Waals surface area contributed by atoms with Crippen molar-refractivity contribution in [3.8, 4) is 0 Å². The molecule has 0 radical (unpaired) electrons. The predicted molar refractivity (Wildman–Crippen MR) is 85.6 cm³/mol. The van der Waals surface area contributed by atoms with Gasteiger partial charge in [-0.1, -0.05) is 37.3 Å². The zero-order chi connectivity index (χ0) is 15.2. The Balaban J connectivity index is 1.91. The molecule has 1 aliphatic carbocycles. The maximum absolute atomic E-state index is 10.7. The first kappa shape index (κ1) is 16.2. The van der Waals surface area contributed by atoms with E-state index in [1.165, 1.54) is 50.7 Å². The first-order valence-corrected chi connectivity index (χ1v) is 8.12. The van der Waals surface area contributed by atoms with E-state index in [0.717, 1.165) is 11.5 Å². The molecule has 1 aromatic rings. The highest BCUT2D eigenvalue weighted by Gasteiger charge is 2.19. The number of nitro groups is 1. The van der Waals surface area contributed by atoms with Crippen molar-refractivity contribution in [2.45, 2.75) is 58.0 Å². The minimum absolute atomic E-state index is 0.0422. The zero-order valence-corrected chi connectivity index (χ0v) is 13.2. The highest BCUT2D eigenvalue weighted by Crippen LogP contribution is 2.26. The summed E-state index contributed by atoms with van der Waals surface area (Å²) in [4.78, 5) is 10.3. The fraction of sp³-hybridized carbons (Fsp3) is 0.625. The fourth-order valence-electron chi connectivity index (χ4n) is 3.04. The molecular weight excluding hydrogens is 288 g/mol. The van der Waals surface area contributed by atoms with Crippen LogP contribution < -0.4 is 5.32 Å². The lowest BCUT2D eigenvalue weighted by molar-refractivity contribution is -0.384. The Bertz CT molecular complexity index is 485. The molecular formula is C16H23ClN2O2. The summed E-state index contributed by atoms with van der Waals surface area (Å²) in [5, 5.41) is 14.7. The van der Waals surface area contributed by atoms with Gasteiger partial charge in [0.2, 0.25) is 0 Å². The Kier molecular flexibility index (Phi) is 6.00. The number of halogens is 1. The van der Waals surface area contributed by atoms with E-state index >= 15 is 0 Å². The second-order valence-electron chi connectivity index (χ2n) is 5.95. The van der Waals surface area contributed by atoms with E-state index in [2.05, 4.69) is 12.2 Å². The maximum Gasteiger partial charge on any atom is 0.270 e. The van der Waals surface area contributed by atoms with Crippen LogP contribution >= 0.6 is 11.6 Å². The molecule has 4 nitrogen and oxygen atoms in total. The van der Waals surface area contributed by atoms with Crippen molar-refractivity contribution < 1.29 is 4.92 Å². The average Bonchev–Trinajstić information content (AvgIpc) is 2.74. The lowest BCUT2D eigenvalue weighted by Crippen LogP contribution is -2.33. The van der Waals surface area contributed by atoms with Crippen LogP contribution in [-0.4, -0.2) is 11.0 Å². The number of hydrogen-bond donors (Lipinski definition) is 1. The summed E-state index contributed by atoms with van der Waals surface area (Å²) in [7, 11) is 0. The van der Waals surface area contributed by atoms with Gasteiger partial charge >= 0.3 is 0 Å². The van der Waals surface area contributed by atoms with E-state index in [-0.39, 0.29) is 5.69 Å². The molecule has 0 heterocycles. The van der Waals surface area contributed by atoms with Gasteiger partial charge < -0.3 is 5.32 Å². The molecule has 21 heavy (non-hydrogen) atoms. The third-order valence-electron chi connectivity index (χ3n) is 4.47. The minimum Gasteiger partial charge on any atom is -0.310 e. The number of nitrogens with one attached hydrogen (secondary N) is 1. The molecule has 0 bridgehead atoms. The first-order valence-electron chi connectivity index (χ1n) is 7.74. The van der Waals surface area contributed by atoms with E-state index in [4.69, 9.17) is 11.6 Å². The minimum atomic E-state index is -0.419. The summed E-state index contributed by atoms with van der Waals surface area (Å²) in [6.45, 7) is 2.89. The van der Waals surface area contributed by atoms with Gasteiger partial charge in [-0.3, -0.25) is 10.1 Å². The van der Waals surface area contributed by atoms with Crippen LogP contribution in [0.4, 0.5) is 5.69 Å². The third-order valence-corrected chi connectivity index (χ3v) is 4.82. The average molecular weight is 311 g/mol. The topological polar surface area (TPSA) is 55.2 Å². The van der Waals surface area contributed by atoms with Crippen molar-refractivity contribution >= 4 is 17.3 Å². The summed E-state index contributed by atoms with van der Waals surface area (Å²) in [5.41, 5.74) is 0.961. The lowest BCUT2D eigenvalue weighted by atomic mass is 9.93. The van der Waals surface area contributed by atoms with E-state index in [1.54, 1.807) is 6.07 Å². The van der Waals surface area contributed by atoms with Gasteiger partial charge in [-0.05, 0) is 37.3 Å². The molecule has 1 atom stereocenters. The van der Waals surface area contributed by atoms with Gasteiger partial charge in [-0.25, -0.2) is 0 Å². The van der Waals surface area contributed by atoms with Crippen LogP contribution in [-0.2, 0) is 6.54 Å². The van der Waals surface area contributed by atoms with Crippen LogP contribution in [0.3, 0.4) is 0 Å². The second kappa shape index (κ2) is 7.76. The number of nitro benzene ring substituents is 1. The van der Waals surface area contributed by atoms with Crippen LogP contribution in [0.15, 0.2) is 18.2 Å². The molecule has 1 aromatic carbocycles. The smallest absolute Gasteiger partial charge is 0.270 e. The van der Waals surface area contributed by atoms with Gasteiger partial charge in [0.1, 0.15) is 0 Å². The first-order chi connectivity index (χ1) is 10.1. The van der Waals surface area contributed by atoms with Gasteiger partial charge in [-0.2, -0.15) is 0 Å². The predicted octanol–water partition coefficient (Wildman–Crippen LogP) is 4.70. The molecule has 1 aliphatic rings. The van der Waals surface area contributed by atoms with E-state index in [0.29, 0.717) is 17.6 Å². The Morgan fingerprint density at radius 1 is 1.33 bits per heavy atom. The van der Waals surface area contributed by atoms with Crippen molar-refractivity contribution in [2.75, 3.05) is 0 Å². The van der Waals surface area contributed by atoms with Crippen LogP contribution in [0.5, 0.6) is 0 Å². The SMILES string of the molecule is C[C@H](NCc1ccc([N+](=O)[O-])cc1Cl)C1CCCCCC1. The summed E-state index contributed by atoms with van der Waals surface area (Å²) in [6, 6.07) is 5.14. The summed E-state index contributed by atoms with van der Waals surface area (Å²) >= 11 is 6.12. The number of non-ortho nitro benzene ring substituents is 1. The van der Waals surface area contributed by atoms with Crippen molar-refractivity contribution in [3.63, 3.8) is 0 Å². The maximum atomic E-state index is 10.7. The molecule has 1 N–H and O–H groups in total. The van der Waals surface area contributed by atoms with E-state index in [1.807, 2.05) is 0 Å². The van der Waals surface area contributed by atoms with Gasteiger partial charge in [0.15, 0.2) is 0 Å². The fourth-order valence-corrected chi connectivity index (χ4v) is 3.28. The van der Waals surface area contributed by atoms with Crippen LogP contribution in [0.25, 0.3) is 0 Å². The van der Waals surface area contributed by atoms with Gasteiger partial charge in [-0.15, -0.1) is 0 Å². The van der Waals surface area contributed by atoms with E-state index < -0.39 is 4.92 Å². The highest BCUT2D eigenvalue weighted by molar-refractivity contribution is 6.31. The largest absolute Gasteiger partial charge is 0.310 e. The Labute approximate surface area is 131 Å². The molecule has 2 rings (SSSR count). The van der Waals surface area contributed by atoms with Crippen LogP contribution in [0, 0.1) is 16.0 Å². The molecule has 5 heteroatoms. The van der Waals surface area contributed by atoms with Crippen LogP contribution in [0.1, 0.15) is 51.0 Å². The zero-order valence-electron chi connectivity index (χ0n) is 12.5. The van der Waals surface area contributed by atoms with E-state index in [9.17, 15) is 10.1 Å². The van der Waals surface area contributed by atoms with Crippen molar-refractivity contribution in [1.29, 1.82) is 0 Å². The number of rotatable bonds is 5. The summed E-state index contributed by atoms with van der Waals surface area (Å²) in [6.07, 6.45) is 7.96. The quantitative estimate of drug-likeness (QED) is 0.487. The number of hydrogen-bond acceptors (Lipinski definition) is 3. The second-order valence-corrected chi connectivity index (χ2v) is 6.36. The molecule has 0 aliphatic heterocycles. The van der Waals surface area contributed by atoms with Crippen molar-refractivity contribution in [2.24, 2.45) is 5.92 Å². The molecule has 0 spiro atoms. The standard InChI is InChI=1S/C16H23ClN2O2/c1-12(13-6-4-2-3-5-7-13)18-11-14-8-9-15(19(20)21)10-16(14)17/h8-10,12-13,18H,2-7,11H2,1H3/t12-/m0/s1. The Morgan fingerprint density at radius 3 is 2.57 bits per heavy atom. The monoisotopic (exact) mass is 310 g/mol. The molecule has 0 aromatic heterocycles. The van der Waals surface area contributed by atoms with Gasteiger partial charge in [0.05, 0.1) is 9.95 Å². The number of nitrogens with zero attached hydrogens (tertiary/aromatic N) is 1. The lowest BCUT2D eigenvalue weighted by Gasteiger charge is -2.24. The van der Waals surface area contributed by atoms with Gasteiger partial charge in [0, 0.05) is 24.7 Å². The molecule has 0 unspecified atom stereocenters. The normalized spacial score (nSPS) is 18.2. The Hall–Kier alpha value is -1.13. The molecule has 1 fully saturated rings. The third kappa shape index (κ3) is 4.68. The van der Waals surface area contributed by atoms with Crippen LogP contribution in [0.2, 0.25) is 5.02 Å². The summed E-state index contributed by atoms with van der Waals surface area (Å²) in [5.74, 6) is 0.726. The summed E-state index contributed by atoms with van der Waals surface area (Å²) < 4.78 is 0. The number of benzene rings is 1. The highest BCUT2D eigenvalue weighted by atomic mass is 35.5. The Morgan fingerprint density at radius 2 is 2.00 bits per heavy atom. The van der Waals surface area contributed by atoms with Gasteiger partial charge in [0.25, 0.3) is 5.69 Å². The van der Waals surface area contributed by atoms with Crippen molar-refractivity contribution in [1.82, 2.24) is 5.32 Å². The molecule has 116 valence electrons. The molecule has 1 saturated carbocycles. The molecule has 0 amide bonds. The molecule has 0 saturated heterocycles.